The summed E-state index contributed by atoms with van der Waals surface area (Å²) in [6.45, 7) is 1.71. The van der Waals surface area contributed by atoms with Crippen LogP contribution >= 0.6 is 0 Å². The SMILES string of the molecule is COc1ccc(Cc2nc3c(c4c2[nH]c2ccccc24)CCN(C(=O)CN(C)C)C3)cc1. The Kier molecular flexibility index (Phi) is 5.31. The third kappa shape index (κ3) is 3.71. The molecule has 0 spiro atoms. The Morgan fingerprint density at radius 1 is 1.16 bits per heavy atom. The highest BCUT2D eigenvalue weighted by molar-refractivity contribution is 6.10. The first-order chi connectivity index (χ1) is 15.5. The van der Waals surface area contributed by atoms with Crippen molar-refractivity contribution in [3.63, 3.8) is 0 Å². The van der Waals surface area contributed by atoms with Crippen LogP contribution in [0.2, 0.25) is 0 Å². The van der Waals surface area contributed by atoms with E-state index in [1.165, 1.54) is 21.9 Å². The molecule has 1 aliphatic rings. The van der Waals surface area contributed by atoms with Gasteiger partial charge in [0.05, 0.1) is 37.1 Å². The number of para-hydroxylation sites is 1. The molecule has 0 fully saturated rings. The first kappa shape index (κ1) is 20.5. The molecule has 6 nitrogen and oxygen atoms in total. The molecule has 1 N–H and O–H groups in total. The van der Waals surface area contributed by atoms with Gasteiger partial charge in [0, 0.05) is 29.3 Å². The zero-order valence-electron chi connectivity index (χ0n) is 18.8. The van der Waals surface area contributed by atoms with Crippen molar-refractivity contribution in [2.75, 3.05) is 34.3 Å². The van der Waals surface area contributed by atoms with E-state index in [1.54, 1.807) is 7.11 Å². The van der Waals surface area contributed by atoms with Crippen LogP contribution in [0.15, 0.2) is 48.5 Å². The molecule has 164 valence electrons. The number of rotatable bonds is 5. The minimum atomic E-state index is 0.151. The quantitative estimate of drug-likeness (QED) is 0.526. The van der Waals surface area contributed by atoms with E-state index in [-0.39, 0.29) is 5.91 Å². The molecule has 0 radical (unpaired) electrons. The summed E-state index contributed by atoms with van der Waals surface area (Å²) in [4.78, 5) is 25.3. The van der Waals surface area contributed by atoms with Crippen LogP contribution in [0.4, 0.5) is 0 Å². The van der Waals surface area contributed by atoms with Crippen LogP contribution < -0.4 is 4.74 Å². The molecule has 6 heteroatoms. The number of nitrogens with zero attached hydrogens (tertiary/aromatic N) is 3. The second-order valence-electron chi connectivity index (χ2n) is 8.73. The molecule has 1 aliphatic heterocycles. The van der Waals surface area contributed by atoms with Crippen LogP contribution in [0, 0.1) is 0 Å². The Balaban J connectivity index is 1.61. The number of benzene rings is 2. The van der Waals surface area contributed by atoms with Gasteiger partial charge in [0.25, 0.3) is 0 Å². The summed E-state index contributed by atoms with van der Waals surface area (Å²) in [7, 11) is 5.53. The molecule has 0 aliphatic carbocycles. The molecule has 1 amide bonds. The lowest BCUT2D eigenvalue weighted by atomic mass is 9.96. The predicted molar refractivity (Wildman–Crippen MR) is 127 cm³/mol. The van der Waals surface area contributed by atoms with Gasteiger partial charge >= 0.3 is 0 Å². The zero-order valence-corrected chi connectivity index (χ0v) is 18.8. The van der Waals surface area contributed by atoms with Gasteiger partial charge in [-0.1, -0.05) is 30.3 Å². The van der Waals surface area contributed by atoms with E-state index in [9.17, 15) is 4.79 Å². The Morgan fingerprint density at radius 2 is 1.94 bits per heavy atom. The van der Waals surface area contributed by atoms with Crippen molar-refractivity contribution in [3.05, 3.63) is 71.0 Å². The van der Waals surface area contributed by atoms with Gasteiger partial charge in [0.2, 0.25) is 5.91 Å². The number of ether oxygens (including phenoxy) is 1. The number of aromatic amines is 1. The number of methoxy groups -OCH3 is 1. The lowest BCUT2D eigenvalue weighted by Gasteiger charge is -2.30. The minimum absolute atomic E-state index is 0.151. The van der Waals surface area contributed by atoms with Gasteiger partial charge in [-0.15, -0.1) is 0 Å². The second-order valence-corrected chi connectivity index (χ2v) is 8.73. The number of H-pyrrole nitrogens is 1. The maximum atomic E-state index is 12.7. The van der Waals surface area contributed by atoms with Gasteiger partial charge < -0.3 is 19.5 Å². The summed E-state index contributed by atoms with van der Waals surface area (Å²) in [6.07, 6.45) is 1.54. The molecular weight excluding hydrogens is 400 g/mol. The van der Waals surface area contributed by atoms with E-state index in [0.29, 0.717) is 19.5 Å². The van der Waals surface area contributed by atoms with E-state index in [1.807, 2.05) is 36.0 Å². The van der Waals surface area contributed by atoms with Crippen LogP contribution in [0.1, 0.15) is 22.5 Å². The van der Waals surface area contributed by atoms with Crippen LogP contribution in [0.5, 0.6) is 5.75 Å². The summed E-state index contributed by atoms with van der Waals surface area (Å²) in [5, 5.41) is 2.49. The monoisotopic (exact) mass is 428 g/mol. The fraction of sp³-hybridized carbons (Fsp3) is 0.308. The predicted octanol–water partition coefficient (Wildman–Crippen LogP) is 3.76. The average Bonchev–Trinajstić information content (AvgIpc) is 3.19. The normalized spacial score (nSPS) is 13.7. The molecule has 0 saturated carbocycles. The zero-order chi connectivity index (χ0) is 22.2. The fourth-order valence-electron chi connectivity index (χ4n) is 4.66. The smallest absolute Gasteiger partial charge is 0.237 e. The van der Waals surface area contributed by atoms with E-state index < -0.39 is 0 Å². The lowest BCUT2D eigenvalue weighted by Crippen LogP contribution is -2.41. The molecule has 0 atom stereocenters. The first-order valence-electron chi connectivity index (χ1n) is 11.0. The molecule has 2 aromatic heterocycles. The summed E-state index contributed by atoms with van der Waals surface area (Å²) in [5.74, 6) is 0.996. The highest BCUT2D eigenvalue weighted by Crippen LogP contribution is 2.35. The maximum Gasteiger partial charge on any atom is 0.237 e. The summed E-state index contributed by atoms with van der Waals surface area (Å²) < 4.78 is 5.30. The van der Waals surface area contributed by atoms with Gasteiger partial charge in [0.15, 0.2) is 0 Å². The van der Waals surface area contributed by atoms with E-state index in [0.717, 1.165) is 41.1 Å². The molecule has 0 bridgehead atoms. The lowest BCUT2D eigenvalue weighted by molar-refractivity contribution is -0.132. The number of likely N-dealkylation sites (N-methyl/N-ethyl adjacent to an activating group) is 1. The van der Waals surface area contributed by atoms with Crippen molar-refractivity contribution in [3.8, 4) is 5.75 Å². The van der Waals surface area contributed by atoms with Crippen molar-refractivity contribution in [2.45, 2.75) is 19.4 Å². The van der Waals surface area contributed by atoms with Crippen molar-refractivity contribution in [1.82, 2.24) is 19.8 Å². The van der Waals surface area contributed by atoms with Gasteiger partial charge in [-0.2, -0.15) is 0 Å². The number of aromatic nitrogens is 2. The second kappa shape index (κ2) is 8.28. The number of carbonyl (C=O) groups is 1. The topological polar surface area (TPSA) is 61.5 Å². The molecule has 5 rings (SSSR count). The maximum absolute atomic E-state index is 12.7. The summed E-state index contributed by atoms with van der Waals surface area (Å²) >= 11 is 0. The standard InChI is InChI=1S/C26H28N4O2/c1-29(2)16-24(31)30-13-12-20-23(15-30)27-22(14-17-8-10-18(32-3)11-9-17)26-25(20)19-6-4-5-7-21(19)28-26/h4-11,28H,12-16H2,1-3H3. The Labute approximate surface area is 187 Å². The van der Waals surface area contributed by atoms with Crippen LogP contribution in [-0.2, 0) is 24.2 Å². The van der Waals surface area contributed by atoms with Gasteiger partial charge in [-0.25, -0.2) is 0 Å². The van der Waals surface area contributed by atoms with Crippen molar-refractivity contribution < 1.29 is 9.53 Å². The average molecular weight is 429 g/mol. The molecule has 32 heavy (non-hydrogen) atoms. The van der Waals surface area contributed by atoms with Crippen LogP contribution in [0.3, 0.4) is 0 Å². The fourth-order valence-corrected chi connectivity index (χ4v) is 4.66. The molecule has 0 saturated heterocycles. The Morgan fingerprint density at radius 3 is 2.69 bits per heavy atom. The third-order valence-corrected chi connectivity index (χ3v) is 6.22. The number of fused-ring (bicyclic) bond motifs is 5. The van der Waals surface area contributed by atoms with Crippen LogP contribution in [-0.4, -0.2) is 60.0 Å². The molecule has 3 heterocycles. The number of hydrogen-bond acceptors (Lipinski definition) is 4. The highest BCUT2D eigenvalue weighted by atomic mass is 16.5. The van der Waals surface area contributed by atoms with Gasteiger partial charge in [-0.3, -0.25) is 9.78 Å². The van der Waals surface area contributed by atoms with Crippen LogP contribution in [0.25, 0.3) is 21.8 Å². The molecular formula is C26H28N4O2. The largest absolute Gasteiger partial charge is 0.497 e. The van der Waals surface area contributed by atoms with E-state index in [2.05, 4.69) is 41.4 Å². The number of pyridine rings is 1. The van der Waals surface area contributed by atoms with Gasteiger partial charge in [-0.05, 0) is 49.8 Å². The Bertz CT molecular complexity index is 1290. The van der Waals surface area contributed by atoms with Gasteiger partial charge in [0.1, 0.15) is 5.75 Å². The third-order valence-electron chi connectivity index (χ3n) is 6.22. The Hall–Kier alpha value is -3.38. The van der Waals surface area contributed by atoms with Crippen molar-refractivity contribution in [2.24, 2.45) is 0 Å². The number of nitrogens with one attached hydrogen (secondary N) is 1. The first-order valence-corrected chi connectivity index (χ1v) is 11.0. The molecule has 0 unspecified atom stereocenters. The summed E-state index contributed by atoms with van der Waals surface area (Å²) in [5.41, 5.74) is 6.71. The number of amides is 1. The van der Waals surface area contributed by atoms with E-state index >= 15 is 0 Å². The summed E-state index contributed by atoms with van der Waals surface area (Å²) in [6, 6.07) is 16.6. The molecule has 2 aromatic carbocycles. The molecule has 4 aromatic rings. The van der Waals surface area contributed by atoms with Crippen molar-refractivity contribution in [1.29, 1.82) is 0 Å². The van der Waals surface area contributed by atoms with E-state index in [4.69, 9.17) is 9.72 Å². The highest BCUT2D eigenvalue weighted by Gasteiger charge is 2.26. The number of carbonyl (C=O) groups excluding carboxylic acids is 1. The van der Waals surface area contributed by atoms with Crippen molar-refractivity contribution >= 4 is 27.7 Å². The number of hydrogen-bond donors (Lipinski definition) is 1. The minimum Gasteiger partial charge on any atom is -0.497 e.